The smallest absolute Gasteiger partial charge is 0.243 e. The van der Waals surface area contributed by atoms with Gasteiger partial charge in [0.05, 0.1) is 4.90 Å². The highest BCUT2D eigenvalue weighted by Crippen LogP contribution is 2.26. The summed E-state index contributed by atoms with van der Waals surface area (Å²) in [6.45, 7) is 11.7. The normalized spacial score (nSPS) is 25.0. The van der Waals surface area contributed by atoms with Crippen LogP contribution < -0.4 is 5.32 Å². The molecule has 1 saturated heterocycles. The number of nitrogens with zero attached hydrogens (tertiary/aromatic N) is 1. The van der Waals surface area contributed by atoms with Crippen LogP contribution in [0.1, 0.15) is 40.2 Å². The molecule has 118 valence electrons. The van der Waals surface area contributed by atoms with Gasteiger partial charge in [-0.3, -0.25) is 0 Å². The molecule has 0 radical (unpaired) electrons. The van der Waals surface area contributed by atoms with E-state index < -0.39 is 10.0 Å². The zero-order valence-corrected chi connectivity index (χ0v) is 14.4. The third-order valence-electron chi connectivity index (χ3n) is 4.04. The number of sulfonamides is 1. The van der Waals surface area contributed by atoms with Gasteiger partial charge in [-0.25, -0.2) is 8.42 Å². The Hall–Kier alpha value is -0.910. The van der Waals surface area contributed by atoms with Crippen LogP contribution in [0.25, 0.3) is 0 Å². The number of rotatable bonds is 2. The minimum atomic E-state index is -3.43. The molecule has 0 saturated carbocycles. The fraction of sp³-hybridized carbons (Fsp3) is 0.625. The highest BCUT2D eigenvalue weighted by molar-refractivity contribution is 7.89. The molecule has 4 nitrogen and oxygen atoms in total. The molecule has 1 fully saturated rings. The van der Waals surface area contributed by atoms with Crippen LogP contribution in [0, 0.1) is 0 Å². The zero-order valence-electron chi connectivity index (χ0n) is 13.6. The van der Waals surface area contributed by atoms with Gasteiger partial charge < -0.3 is 5.32 Å². The van der Waals surface area contributed by atoms with Crippen LogP contribution in [-0.4, -0.2) is 37.9 Å². The fourth-order valence-electron chi connectivity index (χ4n) is 2.84. The van der Waals surface area contributed by atoms with E-state index in [0.717, 1.165) is 5.56 Å². The Bertz CT molecular complexity index is 578. The number of piperazine rings is 1. The molecule has 0 unspecified atom stereocenters. The van der Waals surface area contributed by atoms with Crippen LogP contribution in [0.4, 0.5) is 0 Å². The molecule has 1 aliphatic rings. The van der Waals surface area contributed by atoms with E-state index in [9.17, 15) is 8.42 Å². The highest BCUT2D eigenvalue weighted by atomic mass is 32.2. The van der Waals surface area contributed by atoms with Crippen LogP contribution in [0.15, 0.2) is 29.2 Å². The summed E-state index contributed by atoms with van der Waals surface area (Å²) in [5, 5.41) is 3.26. The Balaban J connectivity index is 2.35. The van der Waals surface area contributed by atoms with E-state index in [1.165, 1.54) is 0 Å². The Morgan fingerprint density at radius 3 is 1.95 bits per heavy atom. The first kappa shape index (κ1) is 16.5. The molecule has 1 aromatic rings. The molecule has 5 heteroatoms. The molecule has 0 amide bonds. The van der Waals surface area contributed by atoms with Crippen molar-refractivity contribution < 1.29 is 8.42 Å². The van der Waals surface area contributed by atoms with Crippen LogP contribution in [-0.2, 0) is 15.4 Å². The summed E-state index contributed by atoms with van der Waals surface area (Å²) in [6, 6.07) is 7.26. The lowest BCUT2D eigenvalue weighted by molar-refractivity contribution is 0.220. The first-order chi connectivity index (χ1) is 9.64. The van der Waals surface area contributed by atoms with Crippen molar-refractivity contribution in [3.8, 4) is 0 Å². The van der Waals surface area contributed by atoms with Crippen molar-refractivity contribution in [2.24, 2.45) is 0 Å². The summed E-state index contributed by atoms with van der Waals surface area (Å²) in [5.41, 5.74) is 1.17. The van der Waals surface area contributed by atoms with Crippen molar-refractivity contribution in [1.29, 1.82) is 0 Å². The topological polar surface area (TPSA) is 49.4 Å². The molecule has 1 aromatic carbocycles. The number of nitrogens with one attached hydrogen (secondary N) is 1. The van der Waals surface area contributed by atoms with Crippen LogP contribution in [0.2, 0.25) is 0 Å². The first-order valence-corrected chi connectivity index (χ1v) is 8.93. The average molecular weight is 310 g/mol. The average Bonchev–Trinajstić information content (AvgIpc) is 2.37. The van der Waals surface area contributed by atoms with Crippen molar-refractivity contribution in [1.82, 2.24) is 9.62 Å². The van der Waals surface area contributed by atoms with E-state index in [1.54, 1.807) is 16.4 Å². The minimum Gasteiger partial charge on any atom is -0.314 e. The fourth-order valence-corrected chi connectivity index (χ4v) is 4.66. The molecular weight excluding hydrogens is 284 g/mol. The maximum Gasteiger partial charge on any atom is 0.243 e. The van der Waals surface area contributed by atoms with Crippen LogP contribution in [0.5, 0.6) is 0 Å². The quantitative estimate of drug-likeness (QED) is 0.912. The Morgan fingerprint density at radius 2 is 1.52 bits per heavy atom. The second kappa shape index (κ2) is 5.71. The number of hydrogen-bond donors (Lipinski definition) is 1. The molecule has 0 aliphatic carbocycles. The van der Waals surface area contributed by atoms with E-state index in [2.05, 4.69) is 26.1 Å². The van der Waals surface area contributed by atoms with E-state index in [0.29, 0.717) is 18.0 Å². The molecule has 2 rings (SSSR count). The van der Waals surface area contributed by atoms with Crippen LogP contribution >= 0.6 is 0 Å². The van der Waals surface area contributed by atoms with Gasteiger partial charge in [-0.15, -0.1) is 0 Å². The van der Waals surface area contributed by atoms with Crippen LogP contribution in [0.3, 0.4) is 0 Å². The molecule has 21 heavy (non-hydrogen) atoms. The minimum absolute atomic E-state index is 0.0257. The monoisotopic (exact) mass is 310 g/mol. The summed E-state index contributed by atoms with van der Waals surface area (Å²) in [5.74, 6) is 0. The van der Waals surface area contributed by atoms with Gasteiger partial charge in [0.25, 0.3) is 0 Å². The standard InChI is InChI=1S/C16H26N2O2S/c1-12-10-17-11-13(2)18(12)21(19,20)15-8-6-14(7-9-15)16(3,4)5/h6-9,12-13,17H,10-11H2,1-5H3/t12-,13-/m0/s1. The molecule has 2 atom stereocenters. The zero-order chi connectivity index (χ0) is 15.8. The Labute approximate surface area is 128 Å². The first-order valence-electron chi connectivity index (χ1n) is 7.49. The molecule has 1 aliphatic heterocycles. The number of benzene rings is 1. The lowest BCUT2D eigenvalue weighted by atomic mass is 9.87. The van der Waals surface area contributed by atoms with Gasteiger partial charge in [-0.1, -0.05) is 32.9 Å². The van der Waals surface area contributed by atoms with E-state index >= 15 is 0 Å². The van der Waals surface area contributed by atoms with Crippen molar-refractivity contribution in [3.05, 3.63) is 29.8 Å². The summed E-state index contributed by atoms with van der Waals surface area (Å²) in [7, 11) is -3.43. The van der Waals surface area contributed by atoms with Gasteiger partial charge in [-0.2, -0.15) is 4.31 Å². The maximum absolute atomic E-state index is 12.9. The third kappa shape index (κ3) is 3.30. The van der Waals surface area contributed by atoms with Gasteiger partial charge >= 0.3 is 0 Å². The SMILES string of the molecule is C[C@H]1CNC[C@H](C)N1S(=O)(=O)c1ccc(C(C)(C)C)cc1. The predicted molar refractivity (Wildman–Crippen MR) is 86.0 cm³/mol. The highest BCUT2D eigenvalue weighted by Gasteiger charge is 2.35. The van der Waals surface area contributed by atoms with Crippen molar-refractivity contribution in [2.75, 3.05) is 13.1 Å². The molecular formula is C16H26N2O2S. The van der Waals surface area contributed by atoms with Gasteiger partial charge in [-0.05, 0) is 37.0 Å². The second-order valence-electron chi connectivity index (χ2n) is 6.97. The molecule has 0 aromatic heterocycles. The molecule has 1 N–H and O–H groups in total. The Morgan fingerprint density at radius 1 is 1.05 bits per heavy atom. The summed E-state index contributed by atoms with van der Waals surface area (Å²) in [4.78, 5) is 0.385. The summed E-state index contributed by atoms with van der Waals surface area (Å²) in [6.07, 6.45) is 0. The van der Waals surface area contributed by atoms with E-state index in [-0.39, 0.29) is 17.5 Å². The van der Waals surface area contributed by atoms with E-state index in [4.69, 9.17) is 0 Å². The third-order valence-corrected chi connectivity index (χ3v) is 6.19. The largest absolute Gasteiger partial charge is 0.314 e. The molecule has 1 heterocycles. The van der Waals surface area contributed by atoms with Crippen molar-refractivity contribution >= 4 is 10.0 Å². The molecule has 0 bridgehead atoms. The van der Waals surface area contributed by atoms with Gasteiger partial charge in [0, 0.05) is 25.2 Å². The van der Waals surface area contributed by atoms with E-state index in [1.807, 2.05) is 26.0 Å². The summed E-state index contributed by atoms with van der Waals surface area (Å²) >= 11 is 0. The summed E-state index contributed by atoms with van der Waals surface area (Å²) < 4.78 is 27.4. The lowest BCUT2D eigenvalue weighted by Gasteiger charge is -2.38. The van der Waals surface area contributed by atoms with Gasteiger partial charge in [0.1, 0.15) is 0 Å². The second-order valence-corrected chi connectivity index (χ2v) is 8.81. The van der Waals surface area contributed by atoms with Crippen molar-refractivity contribution in [2.45, 2.75) is 57.0 Å². The Kier molecular flexibility index (Phi) is 4.47. The number of hydrogen-bond acceptors (Lipinski definition) is 3. The predicted octanol–water partition coefficient (Wildman–Crippen LogP) is 2.36. The molecule has 0 spiro atoms. The lowest BCUT2D eigenvalue weighted by Crippen LogP contribution is -2.57. The van der Waals surface area contributed by atoms with Crippen molar-refractivity contribution in [3.63, 3.8) is 0 Å². The maximum atomic E-state index is 12.9. The van der Waals surface area contributed by atoms with Gasteiger partial charge in [0.2, 0.25) is 10.0 Å². The van der Waals surface area contributed by atoms with Gasteiger partial charge in [0.15, 0.2) is 0 Å².